The minimum Gasteiger partial charge on any atom is -0.438 e. The number of carbonyl (C=O) groups excluding carboxylic acids is 1. The normalized spacial score (nSPS) is 8.00. The van der Waals surface area contributed by atoms with E-state index in [1.807, 2.05) is 0 Å². The predicted molar refractivity (Wildman–Crippen MR) is 34.7 cm³/mol. The number of rotatable bonds is 3. The molecule has 0 spiro atoms. The van der Waals surface area contributed by atoms with Gasteiger partial charge in [0.15, 0.2) is 0 Å². The van der Waals surface area contributed by atoms with E-state index < -0.39 is 6.16 Å². The van der Waals surface area contributed by atoms with Crippen LogP contribution in [0.1, 0.15) is 12.8 Å². The molecular formula is C7H9O3. The van der Waals surface area contributed by atoms with Gasteiger partial charge in [0.25, 0.3) is 0 Å². The second-order valence-corrected chi connectivity index (χ2v) is 1.58. The third-order valence-electron chi connectivity index (χ3n) is 0.833. The third-order valence-corrected chi connectivity index (χ3v) is 0.833. The van der Waals surface area contributed by atoms with Crippen molar-refractivity contribution < 1.29 is 14.3 Å². The average molecular weight is 141 g/mol. The van der Waals surface area contributed by atoms with E-state index in [-0.39, 0.29) is 0 Å². The highest BCUT2D eigenvalue weighted by molar-refractivity contribution is 5.59. The molecule has 0 saturated carbocycles. The fourth-order valence-electron chi connectivity index (χ4n) is 0.375. The van der Waals surface area contributed by atoms with Crippen molar-refractivity contribution in [2.24, 2.45) is 0 Å². The molecule has 0 aromatic carbocycles. The van der Waals surface area contributed by atoms with Gasteiger partial charge in [0.2, 0.25) is 0 Å². The minimum atomic E-state index is -0.676. The topological polar surface area (TPSA) is 35.5 Å². The van der Waals surface area contributed by atoms with Crippen LogP contribution in [0.15, 0.2) is 0 Å². The molecule has 0 aliphatic rings. The number of hydrogen-bond donors (Lipinski definition) is 0. The maximum Gasteiger partial charge on any atom is 0.507 e. The van der Waals surface area contributed by atoms with Crippen LogP contribution >= 0.6 is 0 Å². The Kier molecular flexibility index (Phi) is 5.26. The molecule has 55 valence electrons. The van der Waals surface area contributed by atoms with Gasteiger partial charge in [0.1, 0.15) is 0 Å². The molecule has 3 nitrogen and oxygen atoms in total. The second kappa shape index (κ2) is 5.96. The van der Waals surface area contributed by atoms with E-state index in [1.165, 1.54) is 7.11 Å². The second-order valence-electron chi connectivity index (χ2n) is 1.58. The number of methoxy groups -OCH3 is 1. The fraction of sp³-hybridized carbons (Fsp3) is 0.571. The van der Waals surface area contributed by atoms with Gasteiger partial charge in [-0.05, 0) is 12.8 Å². The maximum absolute atomic E-state index is 10.3. The molecule has 0 N–H and O–H groups in total. The molecule has 0 rings (SSSR count). The van der Waals surface area contributed by atoms with Gasteiger partial charge in [-0.1, -0.05) is 5.92 Å². The molecule has 0 aromatic rings. The van der Waals surface area contributed by atoms with Crippen LogP contribution in [0.4, 0.5) is 4.79 Å². The summed E-state index contributed by atoms with van der Waals surface area (Å²) in [5.74, 6) is 2.18. The number of carbonyl (C=O) groups is 1. The van der Waals surface area contributed by atoms with E-state index in [0.717, 1.165) is 0 Å². The number of unbranched alkanes of at least 4 members (excludes halogenated alkanes) is 1. The Morgan fingerprint density at radius 2 is 2.40 bits per heavy atom. The molecule has 0 unspecified atom stereocenters. The fourth-order valence-corrected chi connectivity index (χ4v) is 0.375. The first-order chi connectivity index (χ1) is 4.81. The summed E-state index contributed by atoms with van der Waals surface area (Å²) in [6.45, 7) is 0.290. The molecule has 0 fully saturated rings. The van der Waals surface area contributed by atoms with Gasteiger partial charge in [0, 0.05) is 6.42 Å². The summed E-state index contributed by atoms with van der Waals surface area (Å²) in [5, 5.41) is 0. The molecule has 3 heteroatoms. The number of hydrogen-bond acceptors (Lipinski definition) is 3. The van der Waals surface area contributed by atoms with E-state index in [2.05, 4.69) is 15.4 Å². The Morgan fingerprint density at radius 3 is 2.90 bits per heavy atom. The standard InChI is InChI=1S/C7H9O3/c1-3-4-5-6-10-7(8)9-2/h4-6H2,2H3. The van der Waals surface area contributed by atoms with Gasteiger partial charge in [-0.15, -0.1) is 0 Å². The molecule has 0 aliphatic heterocycles. The monoisotopic (exact) mass is 141 g/mol. The first-order valence-electron chi connectivity index (χ1n) is 2.91. The molecule has 0 atom stereocenters. The Morgan fingerprint density at radius 1 is 1.70 bits per heavy atom. The van der Waals surface area contributed by atoms with Crippen molar-refractivity contribution in [3.63, 3.8) is 0 Å². The lowest BCUT2D eigenvalue weighted by atomic mass is 10.3. The molecule has 0 bridgehead atoms. The highest BCUT2D eigenvalue weighted by Crippen LogP contribution is 1.89. The summed E-state index contributed by atoms with van der Waals surface area (Å²) in [6, 6.07) is 0. The molecule has 0 amide bonds. The van der Waals surface area contributed by atoms with Crippen LogP contribution in [0.5, 0.6) is 0 Å². The smallest absolute Gasteiger partial charge is 0.438 e. The average Bonchev–Trinajstić information content (AvgIpc) is 1.98. The Labute approximate surface area is 60.3 Å². The molecule has 0 aromatic heterocycles. The predicted octanol–water partition coefficient (Wildman–Crippen LogP) is 1.14. The van der Waals surface area contributed by atoms with Crippen molar-refractivity contribution in [2.45, 2.75) is 12.8 Å². The Balaban J connectivity index is 3.05. The Bertz CT molecular complexity index is 134. The van der Waals surface area contributed by atoms with Crippen LogP contribution < -0.4 is 0 Å². The van der Waals surface area contributed by atoms with Crippen LogP contribution in [0, 0.1) is 12.3 Å². The van der Waals surface area contributed by atoms with Crippen LogP contribution in [0.3, 0.4) is 0 Å². The highest BCUT2D eigenvalue weighted by Gasteiger charge is 1.96. The summed E-state index contributed by atoms with van der Waals surface area (Å²) in [7, 11) is 1.26. The van der Waals surface area contributed by atoms with Gasteiger partial charge in [-0.3, -0.25) is 0 Å². The summed E-state index contributed by atoms with van der Waals surface area (Å²) in [4.78, 5) is 10.3. The lowest BCUT2D eigenvalue weighted by molar-refractivity contribution is 0.0722. The maximum atomic E-state index is 10.3. The Hall–Kier alpha value is -1.17. The number of ether oxygens (including phenoxy) is 2. The van der Waals surface area contributed by atoms with Crippen molar-refractivity contribution in [3.8, 4) is 5.92 Å². The van der Waals surface area contributed by atoms with Gasteiger partial charge in [-0.2, -0.15) is 0 Å². The van der Waals surface area contributed by atoms with Crippen molar-refractivity contribution in [1.82, 2.24) is 0 Å². The van der Waals surface area contributed by atoms with Gasteiger partial charge in [-0.25, -0.2) is 4.79 Å². The first-order valence-corrected chi connectivity index (χ1v) is 2.91. The van der Waals surface area contributed by atoms with Crippen molar-refractivity contribution >= 4 is 6.16 Å². The summed E-state index contributed by atoms with van der Waals surface area (Å²) >= 11 is 0. The zero-order valence-corrected chi connectivity index (χ0v) is 5.85. The van der Waals surface area contributed by atoms with E-state index in [9.17, 15) is 4.79 Å². The van der Waals surface area contributed by atoms with E-state index in [0.29, 0.717) is 19.4 Å². The van der Waals surface area contributed by atoms with Crippen LogP contribution in [0.25, 0.3) is 0 Å². The SMILES string of the molecule is [C]#CCCCOC(=O)OC. The largest absolute Gasteiger partial charge is 0.507 e. The lowest BCUT2D eigenvalue weighted by Gasteiger charge is -1.99. The van der Waals surface area contributed by atoms with Crippen molar-refractivity contribution in [1.29, 1.82) is 0 Å². The lowest BCUT2D eigenvalue weighted by Crippen LogP contribution is -2.04. The van der Waals surface area contributed by atoms with Crippen molar-refractivity contribution in [2.75, 3.05) is 13.7 Å². The minimum absolute atomic E-state index is 0.290. The van der Waals surface area contributed by atoms with E-state index >= 15 is 0 Å². The van der Waals surface area contributed by atoms with Crippen LogP contribution in [-0.4, -0.2) is 19.9 Å². The molecule has 0 heterocycles. The first kappa shape index (κ1) is 8.83. The van der Waals surface area contributed by atoms with Crippen LogP contribution in [-0.2, 0) is 9.47 Å². The summed E-state index contributed by atoms with van der Waals surface area (Å²) < 4.78 is 8.71. The van der Waals surface area contributed by atoms with Gasteiger partial charge < -0.3 is 9.47 Å². The van der Waals surface area contributed by atoms with E-state index in [4.69, 9.17) is 6.42 Å². The highest BCUT2D eigenvalue weighted by atomic mass is 16.7. The summed E-state index contributed by atoms with van der Waals surface area (Å²) in [6.07, 6.45) is 6.97. The summed E-state index contributed by atoms with van der Waals surface area (Å²) in [5.41, 5.74) is 0. The molecule has 0 saturated heterocycles. The molecule has 1 radical (unpaired) electrons. The molecule has 0 aliphatic carbocycles. The van der Waals surface area contributed by atoms with E-state index in [1.54, 1.807) is 0 Å². The van der Waals surface area contributed by atoms with Crippen LogP contribution in [0.2, 0.25) is 0 Å². The quantitative estimate of drug-likeness (QED) is 0.336. The third kappa shape index (κ3) is 4.98. The molecule has 10 heavy (non-hydrogen) atoms. The van der Waals surface area contributed by atoms with Crippen molar-refractivity contribution in [3.05, 3.63) is 6.42 Å². The zero-order valence-electron chi connectivity index (χ0n) is 5.85. The van der Waals surface area contributed by atoms with Gasteiger partial charge in [0.05, 0.1) is 13.7 Å². The van der Waals surface area contributed by atoms with Gasteiger partial charge >= 0.3 is 6.16 Å². The zero-order chi connectivity index (χ0) is 7.82. The molecular weight excluding hydrogens is 132 g/mol.